The summed E-state index contributed by atoms with van der Waals surface area (Å²) in [6.07, 6.45) is 0. The number of benzene rings is 3. The number of rotatable bonds is 4. The first kappa shape index (κ1) is 17.7. The van der Waals surface area contributed by atoms with Crippen LogP contribution in [0.3, 0.4) is 0 Å². The lowest BCUT2D eigenvalue weighted by molar-refractivity contribution is -0.255. The zero-order chi connectivity index (χ0) is 18.8. The molecule has 0 unspecified atom stereocenters. The van der Waals surface area contributed by atoms with E-state index in [9.17, 15) is 17.6 Å². The van der Waals surface area contributed by atoms with Gasteiger partial charge in [0, 0.05) is 24.3 Å². The number of hydrogen-bond donors (Lipinski definition) is 2. The Labute approximate surface area is 145 Å². The first-order chi connectivity index (χ1) is 12.4. The molecule has 0 saturated heterocycles. The van der Waals surface area contributed by atoms with Gasteiger partial charge in [0.15, 0.2) is 0 Å². The molecule has 26 heavy (non-hydrogen) atoms. The van der Waals surface area contributed by atoms with E-state index in [0.29, 0.717) is 11.4 Å². The molecule has 8 heteroatoms. The molecule has 4 nitrogen and oxygen atoms in total. The summed E-state index contributed by atoms with van der Waals surface area (Å²) in [5.41, 5.74) is 8.55. The predicted molar refractivity (Wildman–Crippen MR) is 84.4 cm³/mol. The Kier molecular flexibility index (Phi) is 4.79. The topological polar surface area (TPSA) is 73.7 Å². The van der Waals surface area contributed by atoms with Crippen molar-refractivity contribution < 1.29 is 38.5 Å². The molecule has 0 bridgehead atoms. The molecule has 0 fully saturated rings. The summed E-state index contributed by atoms with van der Waals surface area (Å²) in [7, 11) is 0. The van der Waals surface area contributed by atoms with Crippen molar-refractivity contribution in [3.63, 3.8) is 0 Å². The maximum Gasteiger partial charge on any atom is 0.208 e. The van der Waals surface area contributed by atoms with Crippen molar-refractivity contribution >= 4 is 11.4 Å². The summed E-state index contributed by atoms with van der Waals surface area (Å²) in [6.45, 7) is 0. The molecule has 0 aliphatic carbocycles. The molecule has 0 saturated carbocycles. The Bertz CT molecular complexity index is 837. The lowest BCUT2D eigenvalue weighted by Gasteiger charge is -2.13. The molecule has 0 spiro atoms. The molecule has 0 aliphatic heterocycles. The van der Waals surface area contributed by atoms with E-state index in [0.717, 1.165) is 0 Å². The van der Waals surface area contributed by atoms with Gasteiger partial charge in [0.1, 0.15) is 22.9 Å². The molecule has 6 N–H and O–H groups in total. The Hall–Kier alpha value is -3.10. The molecule has 0 aromatic heterocycles. The van der Waals surface area contributed by atoms with Gasteiger partial charge in [-0.3, -0.25) is 0 Å². The summed E-state index contributed by atoms with van der Waals surface area (Å²) < 4.78 is 66.8. The molecule has 3 aromatic rings. The van der Waals surface area contributed by atoms with Crippen molar-refractivity contribution in [3.05, 3.63) is 71.8 Å². The zero-order valence-electron chi connectivity index (χ0n) is 13.4. The third-order valence-electron chi connectivity index (χ3n) is 3.47. The number of hydrogen-bond acceptors (Lipinski definition) is 2. The third-order valence-corrected chi connectivity index (χ3v) is 3.47. The zero-order valence-corrected chi connectivity index (χ0v) is 13.4. The van der Waals surface area contributed by atoms with Crippen molar-refractivity contribution in [2.45, 2.75) is 0 Å². The Morgan fingerprint density at radius 3 is 1.04 bits per heavy atom. The van der Waals surface area contributed by atoms with Crippen molar-refractivity contribution in [2.75, 3.05) is 0 Å². The maximum atomic E-state index is 14.2. The Morgan fingerprint density at radius 2 is 0.769 bits per heavy atom. The van der Waals surface area contributed by atoms with Crippen LogP contribution in [0.4, 0.5) is 28.9 Å². The van der Waals surface area contributed by atoms with Crippen LogP contribution in [0.1, 0.15) is 0 Å². The van der Waals surface area contributed by atoms with Crippen LogP contribution in [0.5, 0.6) is 23.0 Å². The molecule has 3 rings (SSSR count). The van der Waals surface area contributed by atoms with Gasteiger partial charge in [-0.1, -0.05) is 0 Å². The minimum Gasteiger partial charge on any atom is -0.451 e. The van der Waals surface area contributed by atoms with E-state index in [2.05, 4.69) is 11.5 Å². The summed E-state index contributed by atoms with van der Waals surface area (Å²) in [6, 6.07) is 11.5. The van der Waals surface area contributed by atoms with E-state index in [1.807, 2.05) is 0 Å². The molecule has 0 amide bonds. The lowest BCUT2D eigenvalue weighted by atomic mass is 10.2. The highest BCUT2D eigenvalue weighted by molar-refractivity contribution is 5.44. The van der Waals surface area contributed by atoms with Crippen molar-refractivity contribution in [1.82, 2.24) is 0 Å². The van der Waals surface area contributed by atoms with E-state index < -0.39 is 34.8 Å². The lowest BCUT2D eigenvalue weighted by Crippen LogP contribution is -2.39. The van der Waals surface area contributed by atoms with Gasteiger partial charge < -0.3 is 20.9 Å². The first-order valence-corrected chi connectivity index (χ1v) is 7.42. The van der Waals surface area contributed by atoms with Gasteiger partial charge >= 0.3 is 0 Å². The second-order valence-corrected chi connectivity index (χ2v) is 5.41. The normalized spacial score (nSPS) is 10.7. The van der Waals surface area contributed by atoms with Crippen LogP contribution >= 0.6 is 0 Å². The minimum atomic E-state index is -1.70. The highest BCUT2D eigenvalue weighted by atomic mass is 19.2. The Morgan fingerprint density at radius 1 is 0.500 bits per heavy atom. The quantitative estimate of drug-likeness (QED) is 0.547. The average Bonchev–Trinajstić information content (AvgIpc) is 2.64. The standard InChI is InChI=1S/C18H12F4N2O2/c19-13-15(21)18(26-12-7-3-10(24)4-8-12)16(22)14(20)17(13)25-11-5-1-9(23)2-6-11/h1-8H,23-24H2/p+2. The van der Waals surface area contributed by atoms with Crippen LogP contribution in [0, 0.1) is 23.3 Å². The maximum absolute atomic E-state index is 14.2. The van der Waals surface area contributed by atoms with Crippen LogP contribution in [-0.2, 0) is 0 Å². The smallest absolute Gasteiger partial charge is 0.208 e. The fraction of sp³-hybridized carbons (Fsp3) is 0. The van der Waals surface area contributed by atoms with E-state index in [1.54, 1.807) is 0 Å². The van der Waals surface area contributed by atoms with Crippen molar-refractivity contribution in [3.8, 4) is 23.0 Å². The molecule has 3 aromatic carbocycles. The van der Waals surface area contributed by atoms with E-state index in [1.165, 1.54) is 48.5 Å². The van der Waals surface area contributed by atoms with Crippen LogP contribution in [-0.4, -0.2) is 0 Å². The van der Waals surface area contributed by atoms with Crippen molar-refractivity contribution in [1.29, 1.82) is 0 Å². The second-order valence-electron chi connectivity index (χ2n) is 5.41. The van der Waals surface area contributed by atoms with Crippen LogP contribution in [0.2, 0.25) is 0 Å². The van der Waals surface area contributed by atoms with Gasteiger partial charge in [-0.05, 0) is 24.3 Å². The summed E-state index contributed by atoms with van der Waals surface area (Å²) in [4.78, 5) is 0. The number of quaternary nitrogens is 2. The summed E-state index contributed by atoms with van der Waals surface area (Å²) in [5, 5.41) is 0. The summed E-state index contributed by atoms with van der Waals surface area (Å²) in [5.74, 6) is -9.22. The molecule has 0 atom stereocenters. The van der Waals surface area contributed by atoms with Crippen molar-refractivity contribution in [2.24, 2.45) is 0 Å². The van der Waals surface area contributed by atoms with Gasteiger partial charge in [-0.2, -0.15) is 17.6 Å². The SMILES string of the molecule is [NH3+]c1ccc(Oc2c(F)c(F)c(Oc3ccc([NH3+])cc3)c(F)c2F)cc1. The average molecular weight is 366 g/mol. The monoisotopic (exact) mass is 366 g/mol. The third kappa shape index (κ3) is 3.46. The van der Waals surface area contributed by atoms with E-state index >= 15 is 0 Å². The van der Waals surface area contributed by atoms with Crippen LogP contribution in [0.15, 0.2) is 48.5 Å². The predicted octanol–water partition coefficient (Wildman–Crippen LogP) is 3.57. The number of halogens is 4. The van der Waals surface area contributed by atoms with Gasteiger partial charge in [0.2, 0.25) is 34.8 Å². The van der Waals surface area contributed by atoms with E-state index in [-0.39, 0.29) is 11.5 Å². The molecular weight excluding hydrogens is 352 g/mol. The Balaban J connectivity index is 1.98. The minimum absolute atomic E-state index is 0.00583. The van der Waals surface area contributed by atoms with Gasteiger partial charge in [-0.25, -0.2) is 0 Å². The van der Waals surface area contributed by atoms with Gasteiger partial charge in [-0.15, -0.1) is 0 Å². The highest BCUT2D eigenvalue weighted by Gasteiger charge is 2.29. The molecule has 0 heterocycles. The van der Waals surface area contributed by atoms with Crippen LogP contribution in [0.25, 0.3) is 0 Å². The number of ether oxygens (including phenoxy) is 2. The largest absolute Gasteiger partial charge is 0.451 e. The first-order valence-electron chi connectivity index (χ1n) is 7.42. The van der Waals surface area contributed by atoms with E-state index in [4.69, 9.17) is 9.47 Å². The fourth-order valence-electron chi connectivity index (χ4n) is 2.12. The second kappa shape index (κ2) is 7.03. The highest BCUT2D eigenvalue weighted by Crippen LogP contribution is 2.38. The molecular formula is C18H14F4N2O2+2. The van der Waals surface area contributed by atoms with Gasteiger partial charge in [0.25, 0.3) is 0 Å². The molecule has 0 aliphatic rings. The molecule has 0 radical (unpaired) electrons. The summed E-state index contributed by atoms with van der Waals surface area (Å²) >= 11 is 0. The fourth-order valence-corrected chi connectivity index (χ4v) is 2.12. The van der Waals surface area contributed by atoms with Gasteiger partial charge in [0.05, 0.1) is 0 Å². The van der Waals surface area contributed by atoms with Crippen LogP contribution < -0.4 is 20.9 Å². The molecule has 134 valence electrons.